The van der Waals surface area contributed by atoms with Crippen molar-refractivity contribution in [3.8, 4) is 27.3 Å². The molecule has 6 rings (SSSR count). The predicted molar refractivity (Wildman–Crippen MR) is 135 cm³/mol. The highest BCUT2D eigenvalue weighted by Crippen LogP contribution is 2.45. The van der Waals surface area contributed by atoms with Crippen molar-refractivity contribution >= 4 is 59.0 Å². The Hall–Kier alpha value is -2.66. The maximum absolute atomic E-state index is 3.69. The average Bonchev–Trinajstić information content (AvgIpc) is 3.45. The average molecular weight is 486 g/mol. The number of thiophene rings is 2. The first kappa shape index (κ1) is 18.1. The highest BCUT2D eigenvalue weighted by molar-refractivity contribution is 9.11. The molecule has 6 aromatic rings. The fourth-order valence-electron chi connectivity index (χ4n) is 3.98. The molecule has 0 N–H and O–H groups in total. The lowest BCUT2D eigenvalue weighted by Gasteiger charge is -2.05. The standard InChI is InChI=1S/C26H16BrNS2/c27-24-16-22-26(30-24)25-21(28(22)20-9-5-2-6-10-20)15-23(29-25)19-13-11-18(12-14-19)17-7-3-1-4-8-17/h1-16H. The summed E-state index contributed by atoms with van der Waals surface area (Å²) in [5, 5.41) is 0. The summed E-state index contributed by atoms with van der Waals surface area (Å²) < 4.78 is 6.25. The minimum atomic E-state index is 1.17. The van der Waals surface area contributed by atoms with Gasteiger partial charge in [-0.15, -0.1) is 22.7 Å². The van der Waals surface area contributed by atoms with Crippen molar-refractivity contribution in [2.45, 2.75) is 0 Å². The minimum absolute atomic E-state index is 1.17. The smallest absolute Gasteiger partial charge is 0.0727 e. The van der Waals surface area contributed by atoms with Gasteiger partial charge in [-0.3, -0.25) is 0 Å². The largest absolute Gasteiger partial charge is 0.307 e. The third-order valence-electron chi connectivity index (χ3n) is 5.37. The summed E-state index contributed by atoms with van der Waals surface area (Å²) in [6.45, 7) is 0. The summed E-state index contributed by atoms with van der Waals surface area (Å²) in [5.74, 6) is 0. The van der Waals surface area contributed by atoms with Crippen molar-refractivity contribution in [3.05, 3.63) is 101 Å². The van der Waals surface area contributed by atoms with Crippen molar-refractivity contribution in [1.82, 2.24) is 4.57 Å². The lowest BCUT2D eigenvalue weighted by molar-refractivity contribution is 1.18. The summed E-state index contributed by atoms with van der Waals surface area (Å²) in [6.07, 6.45) is 0. The topological polar surface area (TPSA) is 4.93 Å². The number of nitrogens with zero attached hydrogens (tertiary/aromatic N) is 1. The summed E-state index contributed by atoms with van der Waals surface area (Å²) in [7, 11) is 0. The molecule has 30 heavy (non-hydrogen) atoms. The SMILES string of the molecule is Brc1cc2c(s1)c1sc(-c3ccc(-c4ccccc4)cc3)cc1n2-c1ccccc1. The molecule has 0 amide bonds. The van der Waals surface area contributed by atoms with E-state index < -0.39 is 0 Å². The predicted octanol–water partition coefficient (Wildman–Crippen LogP) is 9.00. The number of hydrogen-bond acceptors (Lipinski definition) is 2. The molecular weight excluding hydrogens is 470 g/mol. The van der Waals surface area contributed by atoms with Crippen molar-refractivity contribution < 1.29 is 0 Å². The molecule has 0 fully saturated rings. The van der Waals surface area contributed by atoms with E-state index >= 15 is 0 Å². The Kier molecular flexibility index (Phi) is 4.38. The van der Waals surface area contributed by atoms with Crippen LogP contribution in [0.5, 0.6) is 0 Å². The van der Waals surface area contributed by atoms with Crippen molar-refractivity contribution in [3.63, 3.8) is 0 Å². The van der Waals surface area contributed by atoms with Gasteiger partial charge in [0.05, 0.1) is 24.2 Å². The molecule has 1 nitrogen and oxygen atoms in total. The van der Waals surface area contributed by atoms with Gasteiger partial charge in [-0.1, -0.05) is 72.8 Å². The molecule has 3 aromatic heterocycles. The van der Waals surface area contributed by atoms with E-state index in [0.29, 0.717) is 0 Å². The number of aromatic nitrogens is 1. The summed E-state index contributed by atoms with van der Waals surface area (Å²) >= 11 is 7.38. The van der Waals surface area contributed by atoms with E-state index in [0.717, 1.165) is 0 Å². The molecule has 0 saturated carbocycles. The van der Waals surface area contributed by atoms with E-state index in [-0.39, 0.29) is 0 Å². The first-order valence-corrected chi connectivity index (χ1v) is 12.1. The van der Waals surface area contributed by atoms with Gasteiger partial charge in [-0.25, -0.2) is 0 Å². The second-order valence-electron chi connectivity index (χ2n) is 7.20. The molecule has 0 spiro atoms. The van der Waals surface area contributed by atoms with Crippen molar-refractivity contribution in [2.75, 3.05) is 0 Å². The lowest BCUT2D eigenvalue weighted by atomic mass is 10.0. The maximum atomic E-state index is 3.69. The van der Waals surface area contributed by atoms with Gasteiger partial charge in [0.15, 0.2) is 0 Å². The molecule has 0 aliphatic heterocycles. The van der Waals surface area contributed by atoms with Gasteiger partial charge in [0.25, 0.3) is 0 Å². The van der Waals surface area contributed by atoms with Gasteiger partial charge >= 0.3 is 0 Å². The first-order chi connectivity index (χ1) is 14.8. The fraction of sp³-hybridized carbons (Fsp3) is 0. The van der Waals surface area contributed by atoms with Gasteiger partial charge < -0.3 is 4.57 Å². The monoisotopic (exact) mass is 485 g/mol. The Morgan fingerprint density at radius 2 is 1.13 bits per heavy atom. The van der Waals surface area contributed by atoms with Gasteiger partial charge in [-0.2, -0.15) is 0 Å². The van der Waals surface area contributed by atoms with E-state index in [1.165, 1.54) is 51.5 Å². The van der Waals surface area contributed by atoms with Crippen LogP contribution in [-0.4, -0.2) is 4.57 Å². The molecule has 3 aromatic carbocycles. The third kappa shape index (κ3) is 2.95. The summed E-state index contributed by atoms with van der Waals surface area (Å²) in [5.41, 5.74) is 7.51. The normalized spacial score (nSPS) is 11.5. The van der Waals surface area contributed by atoms with E-state index in [1.54, 1.807) is 0 Å². The number of rotatable bonds is 3. The van der Waals surface area contributed by atoms with Crippen LogP contribution >= 0.6 is 38.6 Å². The van der Waals surface area contributed by atoms with E-state index in [1.807, 2.05) is 22.7 Å². The van der Waals surface area contributed by atoms with Gasteiger partial charge in [-0.05, 0) is 56.9 Å². The summed E-state index contributed by atoms with van der Waals surface area (Å²) in [6, 6.07) is 34.6. The molecule has 0 radical (unpaired) electrons. The lowest BCUT2D eigenvalue weighted by Crippen LogP contribution is -1.91. The van der Waals surface area contributed by atoms with Crippen LogP contribution in [0.2, 0.25) is 0 Å². The maximum Gasteiger partial charge on any atom is 0.0727 e. The molecule has 3 heterocycles. The third-order valence-corrected chi connectivity index (χ3v) is 8.34. The molecule has 0 aliphatic rings. The Bertz CT molecular complexity index is 1470. The second kappa shape index (κ2) is 7.24. The quantitative estimate of drug-likeness (QED) is 0.235. The van der Waals surface area contributed by atoms with E-state index in [2.05, 4.69) is 118 Å². The van der Waals surface area contributed by atoms with Crippen LogP contribution in [0.3, 0.4) is 0 Å². The Morgan fingerprint density at radius 1 is 0.567 bits per heavy atom. The Balaban J connectivity index is 1.51. The van der Waals surface area contributed by atoms with Crippen LogP contribution in [0.25, 0.3) is 47.7 Å². The molecule has 0 unspecified atom stereocenters. The highest BCUT2D eigenvalue weighted by Gasteiger charge is 2.18. The van der Waals surface area contributed by atoms with Gasteiger partial charge in [0.2, 0.25) is 0 Å². The van der Waals surface area contributed by atoms with E-state index in [9.17, 15) is 0 Å². The Labute approximate surface area is 191 Å². The highest BCUT2D eigenvalue weighted by atomic mass is 79.9. The summed E-state index contributed by atoms with van der Waals surface area (Å²) in [4.78, 5) is 1.30. The van der Waals surface area contributed by atoms with Gasteiger partial charge in [0, 0.05) is 10.6 Å². The first-order valence-electron chi connectivity index (χ1n) is 9.72. The van der Waals surface area contributed by atoms with Crippen LogP contribution in [-0.2, 0) is 0 Å². The number of halogens is 1. The molecule has 144 valence electrons. The Morgan fingerprint density at radius 3 is 1.87 bits per heavy atom. The molecule has 4 heteroatoms. The molecular formula is C26H16BrNS2. The van der Waals surface area contributed by atoms with Gasteiger partial charge in [0.1, 0.15) is 0 Å². The van der Waals surface area contributed by atoms with Crippen LogP contribution in [0, 0.1) is 0 Å². The second-order valence-corrected chi connectivity index (χ2v) is 10.7. The van der Waals surface area contributed by atoms with Crippen LogP contribution < -0.4 is 0 Å². The van der Waals surface area contributed by atoms with Crippen molar-refractivity contribution in [2.24, 2.45) is 0 Å². The molecule has 0 aliphatic carbocycles. The zero-order valence-corrected chi connectivity index (χ0v) is 19.1. The molecule has 0 atom stereocenters. The van der Waals surface area contributed by atoms with Crippen LogP contribution in [0.4, 0.5) is 0 Å². The fourth-order valence-corrected chi connectivity index (χ4v) is 6.84. The number of fused-ring (bicyclic) bond motifs is 3. The zero-order chi connectivity index (χ0) is 20.1. The van der Waals surface area contributed by atoms with E-state index in [4.69, 9.17) is 0 Å². The molecule has 0 bridgehead atoms. The zero-order valence-electron chi connectivity index (χ0n) is 15.9. The number of hydrogen-bond donors (Lipinski definition) is 0. The number of benzene rings is 3. The van der Waals surface area contributed by atoms with Crippen molar-refractivity contribution in [1.29, 1.82) is 0 Å². The van der Waals surface area contributed by atoms with Crippen LogP contribution in [0.15, 0.2) is 101 Å². The molecule has 0 saturated heterocycles. The number of para-hydroxylation sites is 1. The van der Waals surface area contributed by atoms with Crippen LogP contribution in [0.1, 0.15) is 0 Å². The minimum Gasteiger partial charge on any atom is -0.307 e.